The molecule has 0 fully saturated rings. The molecule has 1 N–H and O–H groups in total. The molecule has 0 saturated heterocycles. The second kappa shape index (κ2) is 5.13. The number of aryl methyl sites for hydroxylation is 1. The molecule has 0 unspecified atom stereocenters. The van der Waals surface area contributed by atoms with Gasteiger partial charge in [-0.1, -0.05) is 6.07 Å². The van der Waals surface area contributed by atoms with Gasteiger partial charge in [0.15, 0.2) is 10.8 Å². The largest absolute Gasteiger partial charge is 0.289 e. The number of nitrogens with zero attached hydrogens (tertiary/aromatic N) is 4. The molecule has 7 nitrogen and oxygen atoms in total. The van der Waals surface area contributed by atoms with Crippen LogP contribution in [-0.4, -0.2) is 27.6 Å². The molecule has 0 aromatic carbocycles. The van der Waals surface area contributed by atoms with E-state index in [-0.39, 0.29) is 11.1 Å². The lowest BCUT2D eigenvalue weighted by Crippen LogP contribution is -2.16. The molecule has 3 aromatic rings. The van der Waals surface area contributed by atoms with Crippen molar-refractivity contribution >= 4 is 21.5 Å². The molecule has 0 amide bonds. The molecule has 0 saturated carbocycles. The van der Waals surface area contributed by atoms with E-state index in [1.54, 1.807) is 35.1 Å². The van der Waals surface area contributed by atoms with E-state index < -0.39 is 10.0 Å². The minimum Gasteiger partial charge on any atom is -0.289 e. The zero-order valence-corrected chi connectivity index (χ0v) is 13.4. The number of hydrogen-bond acceptors (Lipinski definition) is 4. The number of anilines is 1. The third kappa shape index (κ3) is 2.45. The lowest BCUT2D eigenvalue weighted by Gasteiger charge is -2.07. The highest BCUT2D eigenvalue weighted by Gasteiger charge is 2.21. The van der Waals surface area contributed by atoms with Crippen molar-refractivity contribution in [3.05, 3.63) is 42.4 Å². The molecule has 8 heteroatoms. The van der Waals surface area contributed by atoms with Gasteiger partial charge in [0.1, 0.15) is 5.65 Å². The molecule has 0 aliphatic heterocycles. The normalized spacial score (nSPS) is 12.2. The van der Waals surface area contributed by atoms with Crippen LogP contribution < -0.4 is 4.72 Å². The Morgan fingerprint density at radius 1 is 1.27 bits per heavy atom. The van der Waals surface area contributed by atoms with E-state index in [1.165, 1.54) is 10.6 Å². The summed E-state index contributed by atoms with van der Waals surface area (Å²) in [5.74, 6) is 0.303. The van der Waals surface area contributed by atoms with E-state index in [4.69, 9.17) is 0 Å². The first kappa shape index (κ1) is 14.6. The van der Waals surface area contributed by atoms with Crippen LogP contribution in [0.5, 0.6) is 0 Å². The number of nitrogens with one attached hydrogen (secondary N) is 1. The van der Waals surface area contributed by atoms with Crippen LogP contribution in [0.4, 0.5) is 5.82 Å². The van der Waals surface area contributed by atoms with Crippen LogP contribution in [0.25, 0.3) is 5.65 Å². The molecule has 3 aromatic heterocycles. The van der Waals surface area contributed by atoms with E-state index in [0.717, 1.165) is 5.69 Å². The van der Waals surface area contributed by atoms with Crippen molar-refractivity contribution in [1.29, 1.82) is 0 Å². The molecular weight excluding hydrogens is 302 g/mol. The third-order valence-electron chi connectivity index (χ3n) is 3.31. The van der Waals surface area contributed by atoms with Gasteiger partial charge in [-0.05, 0) is 32.9 Å². The van der Waals surface area contributed by atoms with E-state index in [9.17, 15) is 8.42 Å². The Morgan fingerprint density at radius 2 is 2.05 bits per heavy atom. The minimum absolute atomic E-state index is 0.0832. The maximum atomic E-state index is 12.5. The summed E-state index contributed by atoms with van der Waals surface area (Å²) in [6.07, 6.45) is 3.00. The highest BCUT2D eigenvalue weighted by atomic mass is 32.2. The van der Waals surface area contributed by atoms with Crippen molar-refractivity contribution < 1.29 is 8.42 Å². The van der Waals surface area contributed by atoms with Crippen molar-refractivity contribution in [2.24, 2.45) is 0 Å². The predicted octanol–water partition coefficient (Wildman–Crippen LogP) is 2.22. The summed E-state index contributed by atoms with van der Waals surface area (Å²) in [7, 11) is -3.75. The van der Waals surface area contributed by atoms with Crippen molar-refractivity contribution in [1.82, 2.24) is 19.2 Å². The van der Waals surface area contributed by atoms with E-state index in [2.05, 4.69) is 14.8 Å². The SMILES string of the molecule is Cc1cc(NS(=O)(=O)c2cnc3ccccn23)nn1C(C)C. The number of hydrogen-bond donors (Lipinski definition) is 1. The lowest BCUT2D eigenvalue weighted by atomic mass is 10.4. The van der Waals surface area contributed by atoms with Gasteiger partial charge in [-0.15, -0.1) is 0 Å². The van der Waals surface area contributed by atoms with Crippen LogP contribution in [0.1, 0.15) is 25.6 Å². The Labute approximate surface area is 128 Å². The first-order chi connectivity index (χ1) is 10.4. The number of imidazole rings is 1. The molecule has 0 atom stereocenters. The molecule has 3 rings (SSSR count). The average Bonchev–Trinajstić information content (AvgIpc) is 3.02. The van der Waals surface area contributed by atoms with Gasteiger partial charge in [0.25, 0.3) is 10.0 Å². The summed E-state index contributed by atoms with van der Waals surface area (Å²) in [5.41, 5.74) is 1.47. The van der Waals surface area contributed by atoms with Crippen LogP contribution in [0.15, 0.2) is 41.7 Å². The van der Waals surface area contributed by atoms with Crippen molar-refractivity contribution in [2.45, 2.75) is 31.8 Å². The topological polar surface area (TPSA) is 81.3 Å². The maximum absolute atomic E-state index is 12.5. The summed E-state index contributed by atoms with van der Waals surface area (Å²) in [6.45, 7) is 5.87. The van der Waals surface area contributed by atoms with E-state index >= 15 is 0 Å². The Bertz CT molecular complexity index is 924. The first-order valence-electron chi connectivity index (χ1n) is 6.89. The molecule has 22 heavy (non-hydrogen) atoms. The van der Waals surface area contributed by atoms with E-state index in [0.29, 0.717) is 11.5 Å². The lowest BCUT2D eigenvalue weighted by molar-refractivity contribution is 0.521. The number of fused-ring (bicyclic) bond motifs is 1. The van der Waals surface area contributed by atoms with Gasteiger partial charge in [-0.3, -0.25) is 13.8 Å². The summed E-state index contributed by atoms with van der Waals surface area (Å²) >= 11 is 0. The highest BCUT2D eigenvalue weighted by Crippen LogP contribution is 2.19. The second-order valence-corrected chi connectivity index (χ2v) is 6.97. The van der Waals surface area contributed by atoms with Crippen molar-refractivity contribution in [3.8, 4) is 0 Å². The van der Waals surface area contributed by atoms with Gasteiger partial charge in [0.2, 0.25) is 0 Å². The molecule has 3 heterocycles. The number of aromatic nitrogens is 4. The van der Waals surface area contributed by atoms with E-state index in [1.807, 2.05) is 20.8 Å². The molecule has 0 aliphatic carbocycles. The first-order valence-corrected chi connectivity index (χ1v) is 8.38. The third-order valence-corrected chi connectivity index (χ3v) is 4.64. The van der Waals surface area contributed by atoms with Crippen molar-refractivity contribution in [3.63, 3.8) is 0 Å². The van der Waals surface area contributed by atoms with Crippen LogP contribution in [0, 0.1) is 6.92 Å². The smallest absolute Gasteiger partial charge is 0.280 e. The molecule has 0 aliphatic rings. The summed E-state index contributed by atoms with van der Waals surface area (Å²) in [4.78, 5) is 4.10. The van der Waals surface area contributed by atoms with Crippen LogP contribution >= 0.6 is 0 Å². The number of sulfonamides is 1. The number of pyridine rings is 1. The van der Waals surface area contributed by atoms with Gasteiger partial charge < -0.3 is 0 Å². The summed E-state index contributed by atoms with van der Waals surface area (Å²) in [6, 6.07) is 7.18. The quantitative estimate of drug-likeness (QED) is 0.799. The van der Waals surface area contributed by atoms with Crippen LogP contribution in [0.2, 0.25) is 0 Å². The van der Waals surface area contributed by atoms with Gasteiger partial charge in [0.05, 0.1) is 6.20 Å². The fraction of sp³-hybridized carbons (Fsp3) is 0.286. The zero-order valence-electron chi connectivity index (χ0n) is 12.6. The Kier molecular flexibility index (Phi) is 3.40. The molecule has 0 bridgehead atoms. The fourth-order valence-corrected chi connectivity index (χ4v) is 3.44. The monoisotopic (exact) mass is 319 g/mol. The molecule has 0 spiro atoms. The maximum Gasteiger partial charge on any atom is 0.280 e. The van der Waals surface area contributed by atoms with Gasteiger partial charge in [-0.25, -0.2) is 4.98 Å². The van der Waals surface area contributed by atoms with Gasteiger partial charge in [0, 0.05) is 24.0 Å². The summed E-state index contributed by atoms with van der Waals surface area (Å²) < 4.78 is 30.9. The zero-order chi connectivity index (χ0) is 15.9. The molecule has 0 radical (unpaired) electrons. The summed E-state index contributed by atoms with van der Waals surface area (Å²) in [5, 5.41) is 4.36. The van der Waals surface area contributed by atoms with Gasteiger partial charge in [-0.2, -0.15) is 13.5 Å². The number of rotatable bonds is 4. The Morgan fingerprint density at radius 3 is 2.73 bits per heavy atom. The highest BCUT2D eigenvalue weighted by molar-refractivity contribution is 7.92. The fourth-order valence-electron chi connectivity index (χ4n) is 2.36. The average molecular weight is 319 g/mol. The van der Waals surface area contributed by atoms with Crippen LogP contribution in [0.3, 0.4) is 0 Å². The molecule has 116 valence electrons. The minimum atomic E-state index is -3.75. The second-order valence-electron chi connectivity index (χ2n) is 5.34. The predicted molar refractivity (Wildman–Crippen MR) is 83.3 cm³/mol. The molecular formula is C14H17N5O2S. The Balaban J connectivity index is 1.99. The van der Waals surface area contributed by atoms with Gasteiger partial charge >= 0.3 is 0 Å². The standard InChI is InChI=1S/C14H17N5O2S/c1-10(2)19-11(3)8-12(16-19)17-22(20,21)14-9-15-13-6-4-5-7-18(13)14/h4-10H,1-3H3,(H,16,17). The Hall–Kier alpha value is -2.35. The van der Waals surface area contributed by atoms with Crippen LogP contribution in [-0.2, 0) is 10.0 Å². The van der Waals surface area contributed by atoms with Crippen molar-refractivity contribution in [2.75, 3.05) is 4.72 Å².